The van der Waals surface area contributed by atoms with Gasteiger partial charge in [0.2, 0.25) is 0 Å². The lowest BCUT2D eigenvalue weighted by Gasteiger charge is -2.25. The van der Waals surface area contributed by atoms with Crippen molar-refractivity contribution in [3.63, 3.8) is 0 Å². The van der Waals surface area contributed by atoms with Crippen molar-refractivity contribution in [2.24, 2.45) is 0 Å². The zero-order valence-corrected chi connectivity index (χ0v) is 13.5. The summed E-state index contributed by atoms with van der Waals surface area (Å²) < 4.78 is 1.76. The standard InChI is InChI=1S/C14H26N4OS/c1-4-15-11-8-6-5-7-9-12(11)20-14-17-16-13(19)18(14)10(2)3/h10-12,15H,4-9H2,1-3H3,(H,16,19). The molecule has 0 aliphatic heterocycles. The molecular weight excluding hydrogens is 272 g/mol. The second-order valence-electron chi connectivity index (χ2n) is 5.73. The normalized spacial score (nSPS) is 24.0. The Balaban J connectivity index is 2.15. The largest absolute Gasteiger partial charge is 0.344 e. The summed E-state index contributed by atoms with van der Waals surface area (Å²) in [6, 6.07) is 0.673. The van der Waals surface area contributed by atoms with E-state index in [1.54, 1.807) is 16.3 Å². The van der Waals surface area contributed by atoms with Crippen molar-refractivity contribution < 1.29 is 0 Å². The van der Waals surface area contributed by atoms with Gasteiger partial charge in [-0.15, -0.1) is 5.10 Å². The molecule has 1 aliphatic carbocycles. The second kappa shape index (κ2) is 7.31. The van der Waals surface area contributed by atoms with E-state index in [1.807, 2.05) is 13.8 Å². The molecule has 0 radical (unpaired) electrons. The molecule has 5 nitrogen and oxygen atoms in total. The van der Waals surface area contributed by atoms with Crippen LogP contribution < -0.4 is 11.0 Å². The maximum Gasteiger partial charge on any atom is 0.344 e. The molecular formula is C14H26N4OS. The van der Waals surface area contributed by atoms with E-state index in [2.05, 4.69) is 22.4 Å². The first-order valence-corrected chi connectivity index (χ1v) is 8.58. The van der Waals surface area contributed by atoms with Crippen LogP contribution in [0.1, 0.15) is 58.9 Å². The average Bonchev–Trinajstić information content (AvgIpc) is 2.62. The van der Waals surface area contributed by atoms with Crippen LogP contribution in [0.3, 0.4) is 0 Å². The van der Waals surface area contributed by atoms with Crippen molar-refractivity contribution in [2.75, 3.05) is 6.54 Å². The van der Waals surface area contributed by atoms with E-state index in [1.165, 1.54) is 32.1 Å². The van der Waals surface area contributed by atoms with Crippen molar-refractivity contribution in [3.05, 3.63) is 10.5 Å². The fourth-order valence-electron chi connectivity index (χ4n) is 2.87. The van der Waals surface area contributed by atoms with Crippen molar-refractivity contribution in [1.82, 2.24) is 20.1 Å². The van der Waals surface area contributed by atoms with Gasteiger partial charge in [-0.25, -0.2) is 9.89 Å². The van der Waals surface area contributed by atoms with E-state index >= 15 is 0 Å². The maximum absolute atomic E-state index is 11.8. The first-order chi connectivity index (χ1) is 9.63. The summed E-state index contributed by atoms with van der Waals surface area (Å²) in [6.07, 6.45) is 6.31. The highest BCUT2D eigenvalue weighted by atomic mass is 32.2. The molecule has 1 fully saturated rings. The number of hydrogen-bond donors (Lipinski definition) is 2. The molecule has 1 aromatic heterocycles. The van der Waals surface area contributed by atoms with Crippen LogP contribution in [-0.4, -0.2) is 32.6 Å². The average molecular weight is 298 g/mol. The molecule has 0 amide bonds. The van der Waals surface area contributed by atoms with Gasteiger partial charge in [0.25, 0.3) is 0 Å². The Labute approximate surface area is 124 Å². The molecule has 0 bridgehead atoms. The molecule has 1 heterocycles. The molecule has 6 heteroatoms. The highest BCUT2D eigenvalue weighted by Crippen LogP contribution is 2.32. The third-order valence-corrected chi connectivity index (χ3v) is 5.23. The zero-order valence-electron chi connectivity index (χ0n) is 12.7. The molecule has 2 rings (SSSR count). The van der Waals surface area contributed by atoms with E-state index in [9.17, 15) is 4.79 Å². The van der Waals surface area contributed by atoms with Crippen molar-refractivity contribution >= 4 is 11.8 Å². The molecule has 1 aliphatic rings. The monoisotopic (exact) mass is 298 g/mol. The Hall–Kier alpha value is -0.750. The maximum atomic E-state index is 11.8. The minimum Gasteiger partial charge on any atom is -0.313 e. The van der Waals surface area contributed by atoms with E-state index in [-0.39, 0.29) is 11.7 Å². The summed E-state index contributed by atoms with van der Waals surface area (Å²) in [7, 11) is 0. The molecule has 2 N–H and O–H groups in total. The zero-order chi connectivity index (χ0) is 14.5. The number of rotatable bonds is 5. The van der Waals surface area contributed by atoms with Gasteiger partial charge < -0.3 is 5.32 Å². The number of aromatic amines is 1. The molecule has 0 aromatic carbocycles. The van der Waals surface area contributed by atoms with Gasteiger partial charge in [-0.2, -0.15) is 0 Å². The van der Waals surface area contributed by atoms with Gasteiger partial charge >= 0.3 is 5.69 Å². The van der Waals surface area contributed by atoms with Gasteiger partial charge in [-0.1, -0.05) is 37.9 Å². The molecule has 0 saturated heterocycles. The van der Waals surface area contributed by atoms with Crippen LogP contribution >= 0.6 is 11.8 Å². The van der Waals surface area contributed by atoms with Crippen LogP contribution in [0.4, 0.5) is 0 Å². The van der Waals surface area contributed by atoms with Crippen LogP contribution in [0, 0.1) is 0 Å². The first kappa shape index (κ1) is 15.6. The summed E-state index contributed by atoms with van der Waals surface area (Å²) in [6.45, 7) is 7.20. The summed E-state index contributed by atoms with van der Waals surface area (Å²) in [5.41, 5.74) is -0.101. The van der Waals surface area contributed by atoms with E-state index in [4.69, 9.17) is 0 Å². The Kier molecular flexibility index (Phi) is 5.72. The number of nitrogens with zero attached hydrogens (tertiary/aromatic N) is 2. The van der Waals surface area contributed by atoms with Crippen molar-refractivity contribution in [3.8, 4) is 0 Å². The van der Waals surface area contributed by atoms with Gasteiger partial charge in [0.05, 0.1) is 0 Å². The number of nitrogens with one attached hydrogen (secondary N) is 2. The third kappa shape index (κ3) is 3.67. The van der Waals surface area contributed by atoms with Crippen molar-refractivity contribution in [2.45, 2.75) is 75.4 Å². The van der Waals surface area contributed by atoms with Gasteiger partial charge in [0, 0.05) is 17.3 Å². The Morgan fingerprint density at radius 1 is 1.40 bits per heavy atom. The van der Waals surface area contributed by atoms with Crippen LogP contribution in [-0.2, 0) is 0 Å². The molecule has 1 saturated carbocycles. The third-order valence-electron chi connectivity index (χ3n) is 3.86. The summed E-state index contributed by atoms with van der Waals surface area (Å²) in [5, 5.41) is 11.7. The summed E-state index contributed by atoms with van der Waals surface area (Å²) in [5.74, 6) is 0. The van der Waals surface area contributed by atoms with Gasteiger partial charge in [0.1, 0.15) is 0 Å². The molecule has 0 spiro atoms. The Bertz CT molecular complexity index is 468. The number of aromatic nitrogens is 3. The molecule has 1 aromatic rings. The Morgan fingerprint density at radius 3 is 2.85 bits per heavy atom. The van der Waals surface area contributed by atoms with Gasteiger partial charge in [-0.05, 0) is 33.2 Å². The quantitative estimate of drug-likeness (QED) is 0.820. The predicted octanol–water partition coefficient (Wildman–Crippen LogP) is 2.56. The van der Waals surface area contributed by atoms with E-state index in [0.29, 0.717) is 11.3 Å². The predicted molar refractivity (Wildman–Crippen MR) is 83.4 cm³/mol. The molecule has 2 unspecified atom stereocenters. The summed E-state index contributed by atoms with van der Waals surface area (Å²) >= 11 is 1.76. The van der Waals surface area contributed by atoms with Gasteiger partial charge in [0.15, 0.2) is 5.16 Å². The molecule has 114 valence electrons. The lowest BCUT2D eigenvalue weighted by atomic mass is 10.1. The van der Waals surface area contributed by atoms with E-state index < -0.39 is 0 Å². The SMILES string of the molecule is CCNC1CCCCCC1Sc1n[nH]c(=O)n1C(C)C. The van der Waals surface area contributed by atoms with Crippen LogP contribution in [0.25, 0.3) is 0 Å². The minimum atomic E-state index is -0.101. The number of thioether (sulfide) groups is 1. The van der Waals surface area contributed by atoms with Crippen LogP contribution in [0.2, 0.25) is 0 Å². The fraction of sp³-hybridized carbons (Fsp3) is 0.857. The highest BCUT2D eigenvalue weighted by molar-refractivity contribution is 7.99. The van der Waals surface area contributed by atoms with Crippen LogP contribution in [0.5, 0.6) is 0 Å². The molecule has 2 atom stereocenters. The van der Waals surface area contributed by atoms with Crippen LogP contribution in [0.15, 0.2) is 9.95 Å². The summed E-state index contributed by atoms with van der Waals surface area (Å²) in [4.78, 5) is 11.8. The number of H-pyrrole nitrogens is 1. The van der Waals surface area contributed by atoms with Crippen molar-refractivity contribution in [1.29, 1.82) is 0 Å². The highest BCUT2D eigenvalue weighted by Gasteiger charge is 2.26. The van der Waals surface area contributed by atoms with Gasteiger partial charge in [-0.3, -0.25) is 4.57 Å². The first-order valence-electron chi connectivity index (χ1n) is 7.70. The van der Waals surface area contributed by atoms with E-state index in [0.717, 1.165) is 11.7 Å². The smallest absolute Gasteiger partial charge is 0.313 e. The lowest BCUT2D eigenvalue weighted by Crippen LogP contribution is -2.37. The molecule has 20 heavy (non-hydrogen) atoms. The second-order valence-corrected chi connectivity index (χ2v) is 6.94. The fourth-order valence-corrected chi connectivity index (χ4v) is 4.33. The Morgan fingerprint density at radius 2 is 2.15 bits per heavy atom. The lowest BCUT2D eigenvalue weighted by molar-refractivity contribution is 0.479. The topological polar surface area (TPSA) is 62.7 Å². The number of hydrogen-bond acceptors (Lipinski definition) is 4. The minimum absolute atomic E-state index is 0.101.